The Balaban J connectivity index is 1.49. The van der Waals surface area contributed by atoms with E-state index < -0.39 is 0 Å². The van der Waals surface area contributed by atoms with Crippen molar-refractivity contribution >= 4 is 17.7 Å². The van der Waals surface area contributed by atoms with Crippen molar-refractivity contribution in [3.63, 3.8) is 0 Å². The van der Waals surface area contributed by atoms with E-state index in [1.54, 1.807) is 6.08 Å². The van der Waals surface area contributed by atoms with E-state index in [0.29, 0.717) is 18.7 Å². The summed E-state index contributed by atoms with van der Waals surface area (Å²) in [6, 6.07) is 13.9. The lowest BCUT2D eigenvalue weighted by Gasteiger charge is -2.40. The maximum absolute atomic E-state index is 13.3. The van der Waals surface area contributed by atoms with Crippen LogP contribution in [-0.2, 0) is 4.74 Å². The number of hydrogen-bond donors (Lipinski definition) is 1. The summed E-state index contributed by atoms with van der Waals surface area (Å²) in [5, 5.41) is 3.72. The minimum atomic E-state index is -0.339. The Kier molecular flexibility index (Phi) is 7.16. The van der Waals surface area contributed by atoms with Crippen molar-refractivity contribution in [2.75, 3.05) is 38.2 Å². The van der Waals surface area contributed by atoms with Crippen LogP contribution < -0.4 is 10.1 Å². The van der Waals surface area contributed by atoms with E-state index in [9.17, 15) is 9.59 Å². The predicted molar refractivity (Wildman–Crippen MR) is 139 cm³/mol. The summed E-state index contributed by atoms with van der Waals surface area (Å²) in [5.74, 6) is 1.06. The topological polar surface area (TPSA) is 71.1 Å². The number of hydrogen-bond acceptors (Lipinski definition) is 5. The summed E-state index contributed by atoms with van der Waals surface area (Å²) >= 11 is 0. The summed E-state index contributed by atoms with van der Waals surface area (Å²) < 4.78 is 11.1. The van der Waals surface area contributed by atoms with Crippen LogP contribution in [0.3, 0.4) is 0 Å². The van der Waals surface area contributed by atoms with E-state index in [1.807, 2.05) is 47.1 Å². The Hall–Kier alpha value is -3.48. The number of likely N-dealkylation sites (tertiary alicyclic amines) is 2. The second-order valence-corrected chi connectivity index (χ2v) is 9.74. The van der Waals surface area contributed by atoms with Crippen molar-refractivity contribution in [3.05, 3.63) is 71.8 Å². The van der Waals surface area contributed by atoms with E-state index in [1.165, 1.54) is 6.42 Å². The molecule has 0 bridgehead atoms. The van der Waals surface area contributed by atoms with E-state index in [-0.39, 0.29) is 36.6 Å². The van der Waals surface area contributed by atoms with Crippen LogP contribution in [0.2, 0.25) is 0 Å². The lowest BCUT2D eigenvalue weighted by molar-refractivity contribution is 0.0724. The minimum absolute atomic E-state index is 0.0269. The van der Waals surface area contributed by atoms with Gasteiger partial charge in [-0.15, -0.1) is 0 Å². The van der Waals surface area contributed by atoms with Gasteiger partial charge in [-0.1, -0.05) is 24.8 Å². The fraction of sp³-hybridized carbons (Fsp3) is 0.448. The first-order valence-electron chi connectivity index (χ1n) is 13.1. The molecule has 5 rings (SSSR count). The van der Waals surface area contributed by atoms with Gasteiger partial charge in [-0.05, 0) is 74.1 Å². The molecule has 2 saturated heterocycles. The summed E-state index contributed by atoms with van der Waals surface area (Å²) in [6.07, 6.45) is 5.36. The van der Waals surface area contributed by atoms with Gasteiger partial charge in [0.25, 0.3) is 5.91 Å². The molecular weight excluding hydrogens is 454 g/mol. The molecule has 0 radical (unpaired) electrons. The molecule has 0 aliphatic carbocycles. The molecule has 0 aromatic heterocycles. The van der Waals surface area contributed by atoms with E-state index >= 15 is 0 Å². The summed E-state index contributed by atoms with van der Waals surface area (Å²) in [4.78, 5) is 30.1. The van der Waals surface area contributed by atoms with Crippen LogP contribution in [0.15, 0.2) is 55.1 Å². The van der Waals surface area contributed by atoms with E-state index in [4.69, 9.17) is 9.47 Å². The number of ether oxygens (including phenoxy) is 2. The third-order valence-electron chi connectivity index (χ3n) is 7.55. The smallest absolute Gasteiger partial charge is 0.410 e. The number of benzene rings is 2. The number of amides is 2. The average Bonchev–Trinajstić information content (AvgIpc) is 3.37. The molecule has 2 aromatic rings. The Morgan fingerprint density at radius 3 is 2.58 bits per heavy atom. The van der Waals surface area contributed by atoms with Crippen molar-refractivity contribution in [1.29, 1.82) is 0 Å². The zero-order chi connectivity index (χ0) is 25.1. The molecule has 1 N–H and O–H groups in total. The Morgan fingerprint density at radius 2 is 1.86 bits per heavy atom. The van der Waals surface area contributed by atoms with Gasteiger partial charge < -0.3 is 24.6 Å². The molecule has 2 aromatic carbocycles. The van der Waals surface area contributed by atoms with Gasteiger partial charge in [0.1, 0.15) is 12.4 Å². The van der Waals surface area contributed by atoms with Crippen LogP contribution in [0.1, 0.15) is 66.2 Å². The van der Waals surface area contributed by atoms with Gasteiger partial charge in [0.05, 0.1) is 18.7 Å². The molecule has 7 heteroatoms. The highest BCUT2D eigenvalue weighted by atomic mass is 16.6. The van der Waals surface area contributed by atoms with E-state index in [0.717, 1.165) is 54.9 Å². The summed E-state index contributed by atoms with van der Waals surface area (Å²) in [7, 11) is 0. The van der Waals surface area contributed by atoms with Crippen molar-refractivity contribution in [3.8, 4) is 5.75 Å². The molecule has 1 unspecified atom stereocenters. The van der Waals surface area contributed by atoms with Gasteiger partial charge in [-0.25, -0.2) is 4.79 Å². The molecule has 3 aliphatic heterocycles. The van der Waals surface area contributed by atoms with Crippen LogP contribution in [0, 0.1) is 5.92 Å². The number of nitrogens with one attached hydrogen (secondary N) is 1. The number of fused-ring (bicyclic) bond motifs is 3. The van der Waals surface area contributed by atoms with Crippen LogP contribution in [0.5, 0.6) is 5.75 Å². The first-order chi connectivity index (χ1) is 17.6. The highest BCUT2D eigenvalue weighted by molar-refractivity contribution is 5.95. The largest absolute Gasteiger partial charge is 0.494 e. The van der Waals surface area contributed by atoms with Gasteiger partial charge in [0.15, 0.2) is 0 Å². The third kappa shape index (κ3) is 4.66. The number of piperidine rings is 1. The molecule has 36 heavy (non-hydrogen) atoms. The van der Waals surface area contributed by atoms with Gasteiger partial charge in [-0.2, -0.15) is 0 Å². The molecule has 2 amide bonds. The predicted octanol–water partition coefficient (Wildman–Crippen LogP) is 5.56. The van der Waals surface area contributed by atoms with Crippen LogP contribution in [0.25, 0.3) is 0 Å². The number of nitrogens with zero attached hydrogens (tertiary/aromatic N) is 2. The van der Waals surface area contributed by atoms with Crippen molar-refractivity contribution in [1.82, 2.24) is 9.80 Å². The Morgan fingerprint density at radius 1 is 1.08 bits per heavy atom. The van der Waals surface area contributed by atoms with Gasteiger partial charge in [0.2, 0.25) is 0 Å². The van der Waals surface area contributed by atoms with Gasteiger partial charge in [0, 0.05) is 36.8 Å². The molecule has 0 saturated carbocycles. The van der Waals surface area contributed by atoms with Crippen LogP contribution >= 0.6 is 0 Å². The highest BCUT2D eigenvalue weighted by Crippen LogP contribution is 2.51. The average molecular weight is 490 g/mol. The maximum atomic E-state index is 13.3. The summed E-state index contributed by atoms with van der Waals surface area (Å²) in [6.45, 7) is 8.65. The maximum Gasteiger partial charge on any atom is 0.410 e. The lowest BCUT2D eigenvalue weighted by atomic mass is 9.79. The molecule has 2 fully saturated rings. The quantitative estimate of drug-likeness (QED) is 0.538. The van der Waals surface area contributed by atoms with E-state index in [2.05, 4.69) is 24.0 Å². The minimum Gasteiger partial charge on any atom is -0.494 e. The number of anilines is 1. The molecule has 190 valence electrons. The van der Waals surface area contributed by atoms with Crippen molar-refractivity contribution < 1.29 is 19.1 Å². The monoisotopic (exact) mass is 489 g/mol. The number of rotatable bonds is 6. The molecule has 7 nitrogen and oxygen atoms in total. The Labute approximate surface area is 213 Å². The Bertz CT molecular complexity index is 1110. The van der Waals surface area contributed by atoms with Gasteiger partial charge >= 0.3 is 6.09 Å². The van der Waals surface area contributed by atoms with Crippen LogP contribution in [-0.4, -0.2) is 54.6 Å². The van der Waals surface area contributed by atoms with Gasteiger partial charge in [-0.3, -0.25) is 4.79 Å². The zero-order valence-corrected chi connectivity index (χ0v) is 20.9. The third-order valence-corrected chi connectivity index (χ3v) is 7.55. The molecule has 3 heterocycles. The van der Waals surface area contributed by atoms with Crippen LogP contribution in [0.4, 0.5) is 10.5 Å². The summed E-state index contributed by atoms with van der Waals surface area (Å²) in [5.41, 5.74) is 3.77. The first-order valence-corrected chi connectivity index (χ1v) is 13.1. The lowest BCUT2D eigenvalue weighted by Crippen LogP contribution is -2.39. The standard InChI is InChI=1S/C29H35N3O4/c1-3-18-36-29(34)32-17-14-23-26(20-8-11-22(12-9-20)35-4-2)30-25-13-10-21(19-24(25)27(23)32)28(33)31-15-6-5-7-16-31/h3,8-13,19,23,26-27,30H,1,4-7,14-18H2,2H3/t23-,26?,27-/m0/s1. The zero-order valence-electron chi connectivity index (χ0n) is 20.9. The molecule has 3 atom stereocenters. The second kappa shape index (κ2) is 10.6. The molecule has 3 aliphatic rings. The normalized spacial score (nSPS) is 22.8. The highest BCUT2D eigenvalue weighted by Gasteiger charge is 2.47. The SMILES string of the molecule is C=CCOC(=O)N1CC[C@H]2C(c3ccc(OCC)cc3)Nc3ccc(C(=O)N4CCCCC4)cc3[C@H]21. The fourth-order valence-electron chi connectivity index (χ4n) is 5.88. The number of carbonyl (C=O) groups excluding carboxylic acids is 2. The first kappa shape index (κ1) is 24.2. The number of carbonyl (C=O) groups is 2. The molecule has 0 spiro atoms. The molecular formula is C29H35N3O4. The fourth-order valence-corrected chi connectivity index (χ4v) is 5.88. The van der Waals surface area contributed by atoms with Crippen molar-refractivity contribution in [2.45, 2.75) is 44.7 Å². The van der Waals surface area contributed by atoms with Crippen molar-refractivity contribution in [2.24, 2.45) is 5.92 Å². The second-order valence-electron chi connectivity index (χ2n) is 9.74.